The van der Waals surface area contributed by atoms with Gasteiger partial charge in [0.25, 0.3) is 5.91 Å². The molecule has 256 valence electrons. The van der Waals surface area contributed by atoms with Crippen molar-refractivity contribution in [2.24, 2.45) is 23.7 Å². The molecule has 0 aromatic heterocycles. The van der Waals surface area contributed by atoms with Crippen molar-refractivity contribution in [3.05, 3.63) is 58.1 Å². The molecule has 7 rings (SSSR count). The van der Waals surface area contributed by atoms with E-state index < -0.39 is 9.71 Å². The van der Waals surface area contributed by atoms with Gasteiger partial charge in [0.15, 0.2) is 0 Å². The minimum Gasteiger partial charge on any atom is -0.490 e. The number of hydrogen-bond acceptors (Lipinski definition) is 6. The van der Waals surface area contributed by atoms with Crippen molar-refractivity contribution >= 4 is 38.8 Å². The molecule has 2 fully saturated rings. The van der Waals surface area contributed by atoms with Crippen LogP contribution in [-0.4, -0.2) is 78.7 Å². The lowest BCUT2D eigenvalue weighted by Crippen LogP contribution is -2.50. The number of carbonyl (C=O) groups is 1. The zero-order valence-electron chi connectivity index (χ0n) is 28.2. The molecule has 1 unspecified atom stereocenters. The molecule has 7 atom stereocenters. The second-order valence-electron chi connectivity index (χ2n) is 15.2. The van der Waals surface area contributed by atoms with Crippen LogP contribution in [0, 0.1) is 23.7 Å². The first kappa shape index (κ1) is 33.2. The van der Waals surface area contributed by atoms with E-state index in [4.69, 9.17) is 21.1 Å². The number of ether oxygens (including phenoxy) is 2. The van der Waals surface area contributed by atoms with Gasteiger partial charge in [0, 0.05) is 54.0 Å². The van der Waals surface area contributed by atoms with E-state index in [-0.39, 0.29) is 22.5 Å². The third-order valence-corrected chi connectivity index (χ3v) is 14.8. The molecule has 2 bridgehead atoms. The molecular weight excluding hydrogens is 630 g/mol. The van der Waals surface area contributed by atoms with Gasteiger partial charge in [-0.2, -0.15) is 0 Å². The zero-order valence-corrected chi connectivity index (χ0v) is 29.8. The Morgan fingerprint density at radius 3 is 2.68 bits per heavy atom. The van der Waals surface area contributed by atoms with E-state index in [9.17, 15) is 9.00 Å². The predicted octanol–water partition coefficient (Wildman–Crippen LogP) is 6.36. The van der Waals surface area contributed by atoms with Crippen LogP contribution in [0.1, 0.15) is 80.3 Å². The van der Waals surface area contributed by atoms with E-state index in [2.05, 4.69) is 39.4 Å². The number of carbonyl (C=O) groups excluding carboxylic acids is 1. The van der Waals surface area contributed by atoms with Crippen molar-refractivity contribution in [1.82, 2.24) is 9.62 Å². The quantitative estimate of drug-likeness (QED) is 0.373. The molecule has 2 aromatic carbocycles. The summed E-state index contributed by atoms with van der Waals surface area (Å²) in [6.45, 7) is 11.3. The molecule has 1 amide bonds. The SMILES string of the molecule is C=S1(=O)NC(=O)c2ccc3c(c2)N(C[C@@H]2CC[C@H]2[C@@H](CN2CCOCC2)CCC[C@H](C)[C@H]1C)C[C@@]1(CCCc2cc(Cl)ccc21)CO3. The fraction of sp³-hybridized carbons (Fsp3) is 0.632. The number of nitrogens with zero attached hydrogens (tertiary/aromatic N) is 2. The Labute approximate surface area is 286 Å². The first-order valence-electron chi connectivity index (χ1n) is 17.9. The summed E-state index contributed by atoms with van der Waals surface area (Å²) in [5.74, 6) is 6.60. The van der Waals surface area contributed by atoms with E-state index in [0.29, 0.717) is 29.9 Å². The Balaban J connectivity index is 1.27. The number of halogens is 1. The van der Waals surface area contributed by atoms with Crippen LogP contribution in [-0.2, 0) is 26.3 Å². The second kappa shape index (κ2) is 13.6. The second-order valence-corrected chi connectivity index (χ2v) is 18.1. The van der Waals surface area contributed by atoms with Crippen LogP contribution in [0.25, 0.3) is 0 Å². The molecule has 9 heteroatoms. The number of benzene rings is 2. The highest BCUT2D eigenvalue weighted by Gasteiger charge is 2.45. The lowest BCUT2D eigenvalue weighted by Gasteiger charge is -2.48. The minimum absolute atomic E-state index is 0.167. The van der Waals surface area contributed by atoms with Crippen molar-refractivity contribution in [3.8, 4) is 5.75 Å². The van der Waals surface area contributed by atoms with Gasteiger partial charge in [-0.15, -0.1) is 0 Å². The summed E-state index contributed by atoms with van der Waals surface area (Å²) in [6, 6.07) is 12.1. The standard InChI is InChI=1S/C38H52ClN3O4S/c1-26-6-4-7-30(22-41-16-18-45-19-17-41)33-12-9-31(33)23-42-24-38(15-5-8-28-20-32(39)11-13-34(28)38)25-46-36-14-10-29(21-35(36)42)37(43)40-47(3,44)27(26)2/h10-11,13-14,20-21,26-27,30-31,33H,3-9,12,15-19,22-25H2,1-2H3,(H,40,43,44)/t26-,27+,30+,31-,33-,38-,47?/m0/s1. The van der Waals surface area contributed by atoms with Crippen LogP contribution in [0.5, 0.6) is 5.75 Å². The van der Waals surface area contributed by atoms with Gasteiger partial charge < -0.3 is 14.4 Å². The number of amides is 1. The van der Waals surface area contributed by atoms with E-state index in [0.717, 1.165) is 94.5 Å². The molecule has 2 aromatic rings. The summed E-state index contributed by atoms with van der Waals surface area (Å²) in [7, 11) is -2.86. The maximum absolute atomic E-state index is 13.9. The fourth-order valence-electron chi connectivity index (χ4n) is 9.16. The van der Waals surface area contributed by atoms with Gasteiger partial charge >= 0.3 is 0 Å². The maximum atomic E-state index is 13.9. The number of aryl methyl sites for hydroxylation is 1. The average Bonchev–Trinajstić information content (AvgIpc) is 3.19. The largest absolute Gasteiger partial charge is 0.490 e. The minimum atomic E-state index is -2.86. The third kappa shape index (κ3) is 6.82. The lowest BCUT2D eigenvalue weighted by molar-refractivity contribution is 0.00824. The normalized spacial score (nSPS) is 35.1. The van der Waals surface area contributed by atoms with E-state index in [1.165, 1.54) is 30.4 Å². The third-order valence-electron chi connectivity index (χ3n) is 12.3. The predicted molar refractivity (Wildman–Crippen MR) is 192 cm³/mol. The Hall–Kier alpha value is -2.26. The molecule has 3 aliphatic heterocycles. The smallest absolute Gasteiger partial charge is 0.262 e. The van der Waals surface area contributed by atoms with Crippen LogP contribution >= 0.6 is 11.6 Å². The Morgan fingerprint density at radius 2 is 1.89 bits per heavy atom. The first-order chi connectivity index (χ1) is 22.6. The topological polar surface area (TPSA) is 71.1 Å². The van der Waals surface area contributed by atoms with Crippen LogP contribution in [0.4, 0.5) is 5.69 Å². The number of morpholine rings is 1. The molecule has 2 aliphatic carbocycles. The van der Waals surface area contributed by atoms with Crippen molar-refractivity contribution in [3.63, 3.8) is 0 Å². The summed E-state index contributed by atoms with van der Waals surface area (Å²) in [6.07, 6.45) is 8.92. The van der Waals surface area contributed by atoms with Crippen molar-refractivity contribution in [2.45, 2.75) is 75.9 Å². The van der Waals surface area contributed by atoms with Crippen LogP contribution in [0.3, 0.4) is 0 Å². The fourth-order valence-corrected chi connectivity index (χ4v) is 10.9. The number of hydrogen-bond donors (Lipinski definition) is 1. The lowest BCUT2D eigenvalue weighted by atomic mass is 9.65. The zero-order chi connectivity index (χ0) is 32.8. The van der Waals surface area contributed by atoms with E-state index >= 15 is 0 Å². The van der Waals surface area contributed by atoms with Gasteiger partial charge in [-0.3, -0.25) is 14.4 Å². The Bertz CT molecular complexity index is 1580. The summed E-state index contributed by atoms with van der Waals surface area (Å²) >= 11 is 6.48. The molecule has 7 nitrogen and oxygen atoms in total. The van der Waals surface area contributed by atoms with E-state index in [1.54, 1.807) is 0 Å². The van der Waals surface area contributed by atoms with Crippen LogP contribution in [0.15, 0.2) is 36.4 Å². The molecule has 1 spiro atoms. The summed E-state index contributed by atoms with van der Waals surface area (Å²) in [5, 5.41) is 0.558. The number of anilines is 1. The number of nitrogens with one attached hydrogen (secondary N) is 1. The van der Waals surface area contributed by atoms with Gasteiger partial charge in [-0.05, 0) is 123 Å². The highest BCUT2D eigenvalue weighted by atomic mass is 35.5. The summed E-state index contributed by atoms with van der Waals surface area (Å²) in [4.78, 5) is 18.8. The van der Waals surface area contributed by atoms with Gasteiger partial charge in [0.05, 0.1) is 35.2 Å². The monoisotopic (exact) mass is 681 g/mol. The van der Waals surface area contributed by atoms with Gasteiger partial charge in [0.1, 0.15) is 5.75 Å². The molecule has 5 aliphatic rings. The van der Waals surface area contributed by atoms with Crippen molar-refractivity contribution in [1.29, 1.82) is 0 Å². The maximum Gasteiger partial charge on any atom is 0.262 e. The Kier molecular flexibility index (Phi) is 9.60. The highest BCUT2D eigenvalue weighted by Crippen LogP contribution is 2.48. The molecule has 1 saturated heterocycles. The summed E-state index contributed by atoms with van der Waals surface area (Å²) in [5.41, 5.74) is 3.98. The van der Waals surface area contributed by atoms with Crippen molar-refractivity contribution in [2.75, 3.05) is 57.4 Å². The molecule has 47 heavy (non-hydrogen) atoms. The molecule has 1 N–H and O–H groups in total. The first-order valence-corrected chi connectivity index (χ1v) is 20.1. The average molecular weight is 682 g/mol. The number of fused-ring (bicyclic) bond motifs is 4. The van der Waals surface area contributed by atoms with Gasteiger partial charge in [-0.1, -0.05) is 31.0 Å². The highest BCUT2D eigenvalue weighted by molar-refractivity contribution is 7.99. The Morgan fingerprint density at radius 1 is 1.06 bits per heavy atom. The van der Waals surface area contributed by atoms with Crippen LogP contribution < -0.4 is 14.4 Å². The van der Waals surface area contributed by atoms with Gasteiger partial charge in [0.2, 0.25) is 0 Å². The van der Waals surface area contributed by atoms with Gasteiger partial charge in [-0.25, -0.2) is 4.21 Å². The van der Waals surface area contributed by atoms with Crippen LogP contribution in [0.2, 0.25) is 5.02 Å². The van der Waals surface area contributed by atoms with E-state index in [1.807, 2.05) is 31.2 Å². The molecule has 1 saturated carbocycles. The number of rotatable bonds is 2. The molecule has 0 radical (unpaired) electrons. The molecular formula is C38H52ClN3O4S. The molecule has 3 heterocycles. The summed E-state index contributed by atoms with van der Waals surface area (Å²) < 4.78 is 29.2. The van der Waals surface area contributed by atoms with Crippen molar-refractivity contribution < 1.29 is 18.5 Å².